The van der Waals surface area contributed by atoms with E-state index in [0.717, 1.165) is 46.6 Å². The first-order valence-corrected chi connectivity index (χ1v) is 11.3. The minimum absolute atomic E-state index is 0.368. The Balaban J connectivity index is 1.38. The van der Waals surface area contributed by atoms with Gasteiger partial charge in [0, 0.05) is 42.0 Å². The van der Waals surface area contributed by atoms with E-state index in [1.807, 2.05) is 59.3 Å². The van der Waals surface area contributed by atoms with Crippen LogP contribution in [0, 0.1) is 0 Å². The maximum Gasteiger partial charge on any atom is 0.180 e. The monoisotopic (exact) mass is 451 g/mol. The Morgan fingerprint density at radius 3 is 2.59 bits per heavy atom. The normalized spacial score (nSPS) is 14.4. The van der Waals surface area contributed by atoms with E-state index in [1.165, 1.54) is 0 Å². The molecule has 1 aromatic carbocycles. The third kappa shape index (κ3) is 4.14. The molecule has 170 valence electrons. The third-order valence-corrected chi connectivity index (χ3v) is 5.95. The summed E-state index contributed by atoms with van der Waals surface area (Å²) in [5.74, 6) is 0.667. The van der Waals surface area contributed by atoms with Crippen LogP contribution >= 0.6 is 0 Å². The molecule has 34 heavy (non-hydrogen) atoms. The van der Waals surface area contributed by atoms with Gasteiger partial charge in [0.1, 0.15) is 0 Å². The zero-order valence-electron chi connectivity index (χ0n) is 18.3. The molecule has 4 aromatic heterocycles. The lowest BCUT2D eigenvalue weighted by atomic mass is 10.1. The summed E-state index contributed by atoms with van der Waals surface area (Å²) in [7, 11) is 0. The summed E-state index contributed by atoms with van der Waals surface area (Å²) in [6, 6.07) is 13.9. The van der Waals surface area contributed by atoms with E-state index in [1.54, 1.807) is 18.6 Å². The fourth-order valence-electron chi connectivity index (χ4n) is 3.93. The highest BCUT2D eigenvalue weighted by Gasteiger charge is 2.21. The van der Waals surface area contributed by atoms with Crippen LogP contribution in [-0.2, 0) is 6.54 Å². The van der Waals surface area contributed by atoms with Crippen molar-refractivity contribution < 1.29 is 5.11 Å². The standard InChI is InChI=1S/C25H23N8O/c34-25(30-19-5-6-19)18-3-1-17(2-4-18)22-14-28-24-23(27-13-20-9-12-29-32-20)31-21(15-33(22)24)16-7-10-26-11-8-16/h1-4,7-12,14-15,19,25,30H,5-6,13H2,(H,27,31)(H,29,32)/q-1. The quantitative estimate of drug-likeness (QED) is 0.310. The summed E-state index contributed by atoms with van der Waals surface area (Å²) in [6.07, 6.45) is 10.3. The van der Waals surface area contributed by atoms with Crippen molar-refractivity contribution >= 4 is 11.5 Å². The maximum atomic E-state index is 12.4. The second kappa shape index (κ2) is 8.69. The molecular weight excluding hydrogens is 428 g/mol. The second-order valence-corrected chi connectivity index (χ2v) is 8.43. The fourth-order valence-corrected chi connectivity index (χ4v) is 3.93. The lowest BCUT2D eigenvalue weighted by molar-refractivity contribution is -0.436. The van der Waals surface area contributed by atoms with E-state index in [-0.39, 0.29) is 0 Å². The smallest absolute Gasteiger partial charge is 0.180 e. The lowest BCUT2D eigenvalue weighted by Crippen LogP contribution is -2.33. The molecule has 0 bridgehead atoms. The van der Waals surface area contributed by atoms with Crippen molar-refractivity contribution in [3.05, 3.63) is 84.7 Å². The van der Waals surface area contributed by atoms with Crippen LogP contribution in [0.25, 0.3) is 28.2 Å². The maximum absolute atomic E-state index is 12.4. The molecule has 1 saturated carbocycles. The zero-order valence-corrected chi connectivity index (χ0v) is 18.3. The number of nitrogens with one attached hydrogen (secondary N) is 3. The van der Waals surface area contributed by atoms with Crippen molar-refractivity contribution in [3.63, 3.8) is 0 Å². The average Bonchev–Trinajstić information content (AvgIpc) is 3.35. The molecule has 1 aliphatic rings. The summed E-state index contributed by atoms with van der Waals surface area (Å²) in [5, 5.41) is 25.9. The topological polar surface area (TPSA) is 119 Å². The first kappa shape index (κ1) is 20.5. The number of hydrogen-bond acceptors (Lipinski definition) is 7. The third-order valence-electron chi connectivity index (χ3n) is 5.95. The van der Waals surface area contributed by atoms with Crippen molar-refractivity contribution in [1.82, 2.24) is 34.9 Å². The summed E-state index contributed by atoms with van der Waals surface area (Å²) in [6.45, 7) is 0.540. The molecule has 0 radical (unpaired) electrons. The summed E-state index contributed by atoms with van der Waals surface area (Å²) < 4.78 is 2.03. The van der Waals surface area contributed by atoms with E-state index < -0.39 is 6.23 Å². The molecule has 6 rings (SSSR count). The molecule has 1 atom stereocenters. The highest BCUT2D eigenvalue weighted by Crippen LogP contribution is 2.29. The number of hydrogen-bond donors (Lipinski definition) is 3. The Morgan fingerprint density at radius 1 is 1.03 bits per heavy atom. The number of anilines is 1. The average molecular weight is 452 g/mol. The van der Waals surface area contributed by atoms with Gasteiger partial charge in [-0.25, -0.2) is 9.97 Å². The Bertz CT molecular complexity index is 1390. The van der Waals surface area contributed by atoms with Gasteiger partial charge in [0.25, 0.3) is 0 Å². The molecule has 1 fully saturated rings. The van der Waals surface area contributed by atoms with Crippen molar-refractivity contribution in [3.8, 4) is 22.5 Å². The molecule has 4 heterocycles. The predicted molar refractivity (Wildman–Crippen MR) is 126 cm³/mol. The van der Waals surface area contributed by atoms with Gasteiger partial charge in [0.2, 0.25) is 0 Å². The Morgan fingerprint density at radius 2 is 1.85 bits per heavy atom. The molecule has 3 N–H and O–H groups in total. The van der Waals surface area contributed by atoms with Gasteiger partial charge in [0.05, 0.1) is 29.8 Å². The summed E-state index contributed by atoms with van der Waals surface area (Å²) >= 11 is 0. The summed E-state index contributed by atoms with van der Waals surface area (Å²) in [5.41, 5.74) is 6.05. The molecular formula is C25H23N8O-. The number of nitrogens with zero attached hydrogens (tertiary/aromatic N) is 5. The van der Waals surface area contributed by atoms with Crippen LogP contribution in [0.1, 0.15) is 30.3 Å². The predicted octanol–water partition coefficient (Wildman–Crippen LogP) is 2.90. The molecule has 1 aliphatic carbocycles. The number of imidazole rings is 1. The molecule has 0 aliphatic heterocycles. The number of benzene rings is 1. The van der Waals surface area contributed by atoms with Crippen LogP contribution in [-0.4, -0.2) is 35.6 Å². The van der Waals surface area contributed by atoms with Gasteiger partial charge in [-0.3, -0.25) is 14.5 Å². The fraction of sp³-hybridized carbons (Fsp3) is 0.200. The first-order chi connectivity index (χ1) is 16.7. The molecule has 0 amide bonds. The van der Waals surface area contributed by atoms with Crippen LogP contribution < -0.4 is 15.7 Å². The number of aromatic amines is 1. The Hall–Kier alpha value is -4.08. The van der Waals surface area contributed by atoms with Crippen molar-refractivity contribution in [2.75, 3.05) is 5.32 Å². The molecule has 0 spiro atoms. The highest BCUT2D eigenvalue weighted by atomic mass is 16.3. The van der Waals surface area contributed by atoms with E-state index in [2.05, 4.69) is 30.8 Å². The Labute approximate surface area is 195 Å². The van der Waals surface area contributed by atoms with Gasteiger partial charge < -0.3 is 15.7 Å². The van der Waals surface area contributed by atoms with Crippen LogP contribution in [0.2, 0.25) is 0 Å². The number of H-pyrrole nitrogens is 1. The van der Waals surface area contributed by atoms with Gasteiger partial charge >= 0.3 is 0 Å². The molecule has 9 heteroatoms. The van der Waals surface area contributed by atoms with Crippen LogP contribution in [0.4, 0.5) is 5.82 Å². The van der Waals surface area contributed by atoms with Crippen LogP contribution in [0.5, 0.6) is 0 Å². The second-order valence-electron chi connectivity index (χ2n) is 8.43. The van der Waals surface area contributed by atoms with E-state index in [4.69, 9.17) is 4.98 Å². The van der Waals surface area contributed by atoms with Gasteiger partial charge in [-0.1, -0.05) is 24.3 Å². The van der Waals surface area contributed by atoms with E-state index >= 15 is 0 Å². The molecule has 1 unspecified atom stereocenters. The Kier molecular flexibility index (Phi) is 5.25. The number of fused-ring (bicyclic) bond motifs is 1. The lowest BCUT2D eigenvalue weighted by Gasteiger charge is -2.24. The number of pyridine rings is 1. The van der Waals surface area contributed by atoms with Gasteiger partial charge in [0.15, 0.2) is 11.5 Å². The minimum atomic E-state index is -0.899. The number of aromatic nitrogens is 6. The number of rotatable bonds is 8. The van der Waals surface area contributed by atoms with Gasteiger partial charge in [-0.15, -0.1) is 0 Å². The van der Waals surface area contributed by atoms with Gasteiger partial charge in [-0.05, 0) is 42.8 Å². The van der Waals surface area contributed by atoms with E-state index in [9.17, 15) is 5.11 Å². The van der Waals surface area contributed by atoms with Crippen molar-refractivity contribution in [2.24, 2.45) is 0 Å². The first-order valence-electron chi connectivity index (χ1n) is 11.3. The highest BCUT2D eigenvalue weighted by molar-refractivity contribution is 5.74. The van der Waals surface area contributed by atoms with E-state index in [0.29, 0.717) is 24.1 Å². The molecule has 0 saturated heterocycles. The molecule has 5 aromatic rings. The van der Waals surface area contributed by atoms with Crippen LogP contribution in [0.15, 0.2) is 73.4 Å². The SMILES string of the molecule is [O-]C(NC1CC1)c1ccc(-c2cnc3c(NCc4ccn[nH]4)nc(-c4ccncc4)cn23)cc1. The van der Waals surface area contributed by atoms with Crippen molar-refractivity contribution in [1.29, 1.82) is 0 Å². The molecule has 9 nitrogen and oxygen atoms in total. The van der Waals surface area contributed by atoms with Crippen LogP contribution in [0.3, 0.4) is 0 Å². The largest absolute Gasteiger partial charge is 0.837 e. The minimum Gasteiger partial charge on any atom is -0.837 e. The summed E-state index contributed by atoms with van der Waals surface area (Å²) in [4.78, 5) is 13.6. The van der Waals surface area contributed by atoms with Gasteiger partial charge in [-0.2, -0.15) is 5.10 Å². The van der Waals surface area contributed by atoms with Crippen molar-refractivity contribution in [2.45, 2.75) is 31.7 Å². The zero-order chi connectivity index (χ0) is 22.9.